The van der Waals surface area contributed by atoms with Crippen LogP contribution in [0.3, 0.4) is 0 Å². The predicted molar refractivity (Wildman–Crippen MR) is 73.7 cm³/mol. The Labute approximate surface area is 116 Å². The van der Waals surface area contributed by atoms with E-state index >= 15 is 0 Å². The van der Waals surface area contributed by atoms with E-state index in [1.807, 2.05) is 0 Å². The minimum atomic E-state index is -0.427. The quantitative estimate of drug-likeness (QED) is 0.677. The summed E-state index contributed by atoms with van der Waals surface area (Å²) in [7, 11) is 1.37. The molecule has 1 aliphatic rings. The van der Waals surface area contributed by atoms with Crippen molar-refractivity contribution in [2.45, 2.75) is 18.9 Å². The third-order valence-electron chi connectivity index (χ3n) is 3.30. The third-order valence-corrected chi connectivity index (χ3v) is 3.30. The highest BCUT2D eigenvalue weighted by molar-refractivity contribution is 5.67. The van der Waals surface area contributed by atoms with Crippen LogP contribution >= 0.6 is 0 Å². The number of nitro groups is 1. The van der Waals surface area contributed by atoms with E-state index in [4.69, 9.17) is 4.74 Å². The largest absolute Gasteiger partial charge is 0.453 e. The summed E-state index contributed by atoms with van der Waals surface area (Å²) < 4.78 is 4.71. The molecule has 1 saturated heterocycles. The monoisotopic (exact) mass is 279 g/mol. The van der Waals surface area contributed by atoms with E-state index in [2.05, 4.69) is 5.32 Å². The van der Waals surface area contributed by atoms with Gasteiger partial charge in [0.2, 0.25) is 0 Å². The zero-order chi connectivity index (χ0) is 14.5. The van der Waals surface area contributed by atoms with Gasteiger partial charge in [-0.3, -0.25) is 10.1 Å². The van der Waals surface area contributed by atoms with E-state index < -0.39 is 4.92 Å². The minimum absolute atomic E-state index is 0.0652. The van der Waals surface area contributed by atoms with Gasteiger partial charge in [-0.15, -0.1) is 0 Å². The lowest BCUT2D eigenvalue weighted by Crippen LogP contribution is -2.45. The number of methoxy groups -OCH3 is 1. The van der Waals surface area contributed by atoms with Gasteiger partial charge in [0.25, 0.3) is 5.69 Å². The Morgan fingerprint density at radius 3 is 2.75 bits per heavy atom. The zero-order valence-electron chi connectivity index (χ0n) is 11.2. The predicted octanol–water partition coefficient (Wildman–Crippen LogP) is 2.24. The van der Waals surface area contributed by atoms with E-state index in [0.717, 1.165) is 18.5 Å². The molecule has 0 aliphatic carbocycles. The molecule has 0 saturated carbocycles. The molecule has 0 bridgehead atoms. The maximum atomic E-state index is 11.5. The molecular formula is C13H17N3O4. The maximum Gasteiger partial charge on any atom is 0.409 e. The number of nitrogens with one attached hydrogen (secondary N) is 1. The molecule has 0 radical (unpaired) electrons. The third kappa shape index (κ3) is 3.37. The summed E-state index contributed by atoms with van der Waals surface area (Å²) in [4.78, 5) is 23.3. The van der Waals surface area contributed by atoms with Gasteiger partial charge in [0.1, 0.15) is 0 Å². The number of carbonyl (C=O) groups is 1. The van der Waals surface area contributed by atoms with Crippen LogP contribution in [-0.4, -0.2) is 42.2 Å². The number of amides is 1. The van der Waals surface area contributed by atoms with Crippen molar-refractivity contribution in [2.24, 2.45) is 0 Å². The van der Waals surface area contributed by atoms with Crippen molar-refractivity contribution in [1.29, 1.82) is 0 Å². The first kappa shape index (κ1) is 14.1. The first-order valence-electron chi connectivity index (χ1n) is 6.44. The highest BCUT2D eigenvalue weighted by Crippen LogP contribution is 2.19. The van der Waals surface area contributed by atoms with Crippen molar-refractivity contribution < 1.29 is 14.5 Å². The summed E-state index contributed by atoms with van der Waals surface area (Å²) in [5.41, 5.74) is 0.877. The number of carbonyl (C=O) groups excluding carboxylic acids is 1. The van der Waals surface area contributed by atoms with Crippen LogP contribution in [-0.2, 0) is 4.74 Å². The number of hydrogen-bond acceptors (Lipinski definition) is 5. The summed E-state index contributed by atoms with van der Waals surface area (Å²) in [6, 6.07) is 6.40. The molecule has 7 nitrogen and oxygen atoms in total. The van der Waals surface area contributed by atoms with Crippen LogP contribution in [0, 0.1) is 10.1 Å². The number of non-ortho nitro benzene ring substituents is 1. The molecule has 0 aromatic heterocycles. The average molecular weight is 279 g/mol. The van der Waals surface area contributed by atoms with Gasteiger partial charge in [-0.1, -0.05) is 0 Å². The second kappa shape index (κ2) is 6.23. The van der Waals surface area contributed by atoms with Gasteiger partial charge < -0.3 is 15.0 Å². The molecule has 1 unspecified atom stereocenters. The summed E-state index contributed by atoms with van der Waals surface area (Å²) >= 11 is 0. The number of ether oxygens (including phenoxy) is 1. The molecule has 1 fully saturated rings. The van der Waals surface area contributed by atoms with Crippen LogP contribution in [0.25, 0.3) is 0 Å². The Hall–Kier alpha value is -2.31. The van der Waals surface area contributed by atoms with Gasteiger partial charge in [0.05, 0.1) is 12.0 Å². The summed E-state index contributed by atoms with van der Waals surface area (Å²) in [6.45, 7) is 1.27. The number of hydrogen-bond donors (Lipinski definition) is 1. The summed E-state index contributed by atoms with van der Waals surface area (Å²) in [5, 5.41) is 13.9. The number of benzene rings is 1. The lowest BCUT2D eigenvalue weighted by molar-refractivity contribution is -0.384. The molecule has 7 heteroatoms. The van der Waals surface area contributed by atoms with Gasteiger partial charge in [0.15, 0.2) is 0 Å². The molecule has 1 heterocycles. The fourth-order valence-electron chi connectivity index (χ4n) is 2.30. The Kier molecular flexibility index (Phi) is 4.39. The van der Waals surface area contributed by atoms with Crippen molar-refractivity contribution >= 4 is 17.5 Å². The SMILES string of the molecule is COC(=O)N1CCCC(Nc2ccc([N+](=O)[O-])cc2)C1. The fourth-order valence-corrected chi connectivity index (χ4v) is 2.30. The Morgan fingerprint density at radius 1 is 1.45 bits per heavy atom. The van der Waals surface area contributed by atoms with E-state index in [-0.39, 0.29) is 17.8 Å². The number of likely N-dealkylation sites (tertiary alicyclic amines) is 1. The smallest absolute Gasteiger partial charge is 0.409 e. The maximum absolute atomic E-state index is 11.5. The molecule has 2 rings (SSSR count). The summed E-state index contributed by atoms with van der Waals surface area (Å²) in [6.07, 6.45) is 1.53. The molecule has 1 atom stereocenters. The first-order valence-corrected chi connectivity index (χ1v) is 6.44. The highest BCUT2D eigenvalue weighted by atomic mass is 16.6. The lowest BCUT2D eigenvalue weighted by Gasteiger charge is -2.32. The average Bonchev–Trinajstić information content (AvgIpc) is 2.47. The van der Waals surface area contributed by atoms with E-state index in [1.54, 1.807) is 17.0 Å². The number of nitrogens with zero attached hydrogens (tertiary/aromatic N) is 2. The van der Waals surface area contributed by atoms with E-state index in [0.29, 0.717) is 13.1 Å². The molecule has 0 spiro atoms. The molecule has 1 aromatic rings. The molecule has 1 N–H and O–H groups in total. The standard InChI is InChI=1S/C13H17N3O4/c1-20-13(17)15-8-2-3-11(9-15)14-10-4-6-12(7-5-10)16(18)19/h4-7,11,14H,2-3,8-9H2,1H3. The van der Waals surface area contributed by atoms with Crippen molar-refractivity contribution in [1.82, 2.24) is 4.90 Å². The lowest BCUT2D eigenvalue weighted by atomic mass is 10.1. The van der Waals surface area contributed by atoms with Gasteiger partial charge >= 0.3 is 6.09 Å². The molecular weight excluding hydrogens is 262 g/mol. The topological polar surface area (TPSA) is 84.7 Å². The Balaban J connectivity index is 1.95. The molecule has 1 aromatic carbocycles. The van der Waals surface area contributed by atoms with Gasteiger partial charge in [0, 0.05) is 37.0 Å². The van der Waals surface area contributed by atoms with Gasteiger partial charge in [-0.2, -0.15) is 0 Å². The van der Waals surface area contributed by atoms with Crippen molar-refractivity contribution in [3.05, 3.63) is 34.4 Å². The minimum Gasteiger partial charge on any atom is -0.453 e. The van der Waals surface area contributed by atoms with Crippen LogP contribution < -0.4 is 5.32 Å². The van der Waals surface area contributed by atoms with Crippen LogP contribution in [0.4, 0.5) is 16.2 Å². The summed E-state index contributed by atoms with van der Waals surface area (Å²) in [5.74, 6) is 0. The van der Waals surface area contributed by atoms with Crippen molar-refractivity contribution in [3.8, 4) is 0 Å². The van der Waals surface area contributed by atoms with Gasteiger partial charge in [-0.25, -0.2) is 4.79 Å². The van der Waals surface area contributed by atoms with Crippen LogP contribution in [0.15, 0.2) is 24.3 Å². The number of rotatable bonds is 3. The van der Waals surface area contributed by atoms with E-state index in [1.165, 1.54) is 19.2 Å². The Morgan fingerprint density at radius 2 is 2.15 bits per heavy atom. The first-order chi connectivity index (χ1) is 9.60. The number of nitro benzene ring substituents is 1. The van der Waals surface area contributed by atoms with Crippen LogP contribution in [0.1, 0.15) is 12.8 Å². The fraction of sp³-hybridized carbons (Fsp3) is 0.462. The van der Waals surface area contributed by atoms with Crippen molar-refractivity contribution in [2.75, 3.05) is 25.5 Å². The number of piperidine rings is 1. The normalized spacial score (nSPS) is 18.4. The van der Waals surface area contributed by atoms with E-state index in [9.17, 15) is 14.9 Å². The van der Waals surface area contributed by atoms with Gasteiger partial charge in [-0.05, 0) is 25.0 Å². The second-order valence-corrected chi connectivity index (χ2v) is 4.70. The van der Waals surface area contributed by atoms with Crippen LogP contribution in [0.2, 0.25) is 0 Å². The molecule has 1 amide bonds. The molecule has 1 aliphatic heterocycles. The zero-order valence-corrected chi connectivity index (χ0v) is 11.2. The van der Waals surface area contributed by atoms with Crippen molar-refractivity contribution in [3.63, 3.8) is 0 Å². The Bertz CT molecular complexity index is 489. The molecule has 108 valence electrons. The second-order valence-electron chi connectivity index (χ2n) is 4.70. The number of anilines is 1. The highest BCUT2D eigenvalue weighted by Gasteiger charge is 2.23. The van der Waals surface area contributed by atoms with Crippen LogP contribution in [0.5, 0.6) is 0 Å². The molecule has 20 heavy (non-hydrogen) atoms.